The maximum Gasteiger partial charge on any atom is 0.0359 e. The van der Waals surface area contributed by atoms with Gasteiger partial charge >= 0.3 is 0 Å². The summed E-state index contributed by atoms with van der Waals surface area (Å²) in [5.74, 6) is 0.876. The molecule has 2 atom stereocenters. The predicted octanol–water partition coefficient (Wildman–Crippen LogP) is 4.99. The molecule has 1 fully saturated rings. The Morgan fingerprint density at radius 1 is 1.29 bits per heavy atom. The Hall–Kier alpha value is -0.760. The van der Waals surface area contributed by atoms with Gasteiger partial charge < -0.3 is 10.3 Å². The molecule has 1 aromatic rings. The number of rotatable bonds is 3. The molecule has 2 heteroatoms. The summed E-state index contributed by atoms with van der Waals surface area (Å²) in [6, 6.07) is 3.23. The Bertz CT molecular complexity index is 480. The van der Waals surface area contributed by atoms with E-state index in [0.717, 1.165) is 12.3 Å². The first-order chi connectivity index (χ1) is 10.0. The lowest BCUT2D eigenvalue weighted by atomic mass is 9.74. The second-order valence-corrected chi connectivity index (χ2v) is 8.15. The summed E-state index contributed by atoms with van der Waals surface area (Å²) >= 11 is 0. The number of aromatic nitrogens is 1. The fraction of sp³-hybridized carbons (Fsp3) is 0.789. The van der Waals surface area contributed by atoms with Crippen molar-refractivity contribution in [3.05, 3.63) is 23.5 Å². The standard InChI is InChI=1S/C19H32N2/c1-4-17(14-8-6-5-7-9-14)21-11-10-15-16(20)12-19(2,3)13-18(15)21/h10-11,14,16-17H,4-9,12-13,20H2,1-3H3. The van der Waals surface area contributed by atoms with Crippen molar-refractivity contribution in [3.63, 3.8) is 0 Å². The van der Waals surface area contributed by atoms with E-state index in [1.807, 2.05) is 0 Å². The minimum atomic E-state index is 0.230. The third kappa shape index (κ3) is 2.92. The van der Waals surface area contributed by atoms with E-state index in [9.17, 15) is 0 Å². The first kappa shape index (κ1) is 15.1. The summed E-state index contributed by atoms with van der Waals surface area (Å²) in [4.78, 5) is 0. The number of fused-ring (bicyclic) bond motifs is 1. The van der Waals surface area contributed by atoms with Crippen molar-refractivity contribution < 1.29 is 0 Å². The summed E-state index contributed by atoms with van der Waals surface area (Å²) in [7, 11) is 0. The van der Waals surface area contributed by atoms with Gasteiger partial charge in [-0.15, -0.1) is 0 Å². The molecule has 1 saturated carbocycles. The molecule has 1 aromatic heterocycles. The Morgan fingerprint density at radius 3 is 2.67 bits per heavy atom. The van der Waals surface area contributed by atoms with Crippen molar-refractivity contribution >= 4 is 0 Å². The van der Waals surface area contributed by atoms with Crippen molar-refractivity contribution in [1.29, 1.82) is 0 Å². The topological polar surface area (TPSA) is 30.9 Å². The van der Waals surface area contributed by atoms with Crippen molar-refractivity contribution in [2.75, 3.05) is 0 Å². The van der Waals surface area contributed by atoms with Gasteiger partial charge in [0.1, 0.15) is 0 Å². The summed E-state index contributed by atoms with van der Waals surface area (Å²) < 4.78 is 2.62. The quantitative estimate of drug-likeness (QED) is 0.834. The average molecular weight is 288 g/mol. The van der Waals surface area contributed by atoms with E-state index in [4.69, 9.17) is 5.73 Å². The van der Waals surface area contributed by atoms with Gasteiger partial charge in [-0.3, -0.25) is 0 Å². The van der Waals surface area contributed by atoms with Crippen LogP contribution in [0, 0.1) is 11.3 Å². The van der Waals surface area contributed by atoms with Gasteiger partial charge in [-0.25, -0.2) is 0 Å². The van der Waals surface area contributed by atoms with Crippen molar-refractivity contribution in [1.82, 2.24) is 4.57 Å². The summed E-state index contributed by atoms with van der Waals surface area (Å²) in [5, 5.41) is 0. The molecule has 2 aliphatic carbocycles. The molecule has 0 bridgehead atoms. The molecule has 2 unspecified atom stereocenters. The van der Waals surface area contributed by atoms with Crippen LogP contribution < -0.4 is 5.73 Å². The van der Waals surface area contributed by atoms with Crippen LogP contribution in [0.3, 0.4) is 0 Å². The largest absolute Gasteiger partial charge is 0.348 e. The maximum atomic E-state index is 6.44. The summed E-state index contributed by atoms with van der Waals surface area (Å²) in [6.07, 6.45) is 13.0. The Kier molecular flexibility index (Phi) is 4.18. The number of nitrogens with zero attached hydrogens (tertiary/aromatic N) is 1. The highest BCUT2D eigenvalue weighted by atomic mass is 15.0. The van der Waals surface area contributed by atoms with Gasteiger partial charge in [0.05, 0.1) is 0 Å². The van der Waals surface area contributed by atoms with Crippen LogP contribution in [0.25, 0.3) is 0 Å². The van der Waals surface area contributed by atoms with E-state index in [-0.39, 0.29) is 6.04 Å². The summed E-state index contributed by atoms with van der Waals surface area (Å²) in [6.45, 7) is 7.10. The van der Waals surface area contributed by atoms with Gasteiger partial charge in [-0.1, -0.05) is 40.0 Å². The Morgan fingerprint density at radius 2 is 2.00 bits per heavy atom. The van der Waals surface area contributed by atoms with Gasteiger partial charge in [0, 0.05) is 24.0 Å². The first-order valence-electron chi connectivity index (χ1n) is 8.97. The van der Waals surface area contributed by atoms with Gasteiger partial charge in [-0.2, -0.15) is 0 Å². The molecular formula is C19H32N2. The van der Waals surface area contributed by atoms with Gasteiger partial charge in [0.25, 0.3) is 0 Å². The third-order valence-electron chi connectivity index (χ3n) is 5.85. The number of hydrogen-bond donors (Lipinski definition) is 1. The zero-order chi connectivity index (χ0) is 15.0. The predicted molar refractivity (Wildman–Crippen MR) is 89.4 cm³/mol. The fourth-order valence-corrected chi connectivity index (χ4v) is 4.84. The van der Waals surface area contributed by atoms with Crippen LogP contribution in [0.1, 0.15) is 89.1 Å². The number of hydrogen-bond acceptors (Lipinski definition) is 1. The highest BCUT2D eigenvalue weighted by Gasteiger charge is 2.34. The van der Waals surface area contributed by atoms with E-state index < -0.39 is 0 Å². The SMILES string of the molecule is CCC(C1CCCCC1)n1ccc2c1CC(C)(C)CC2N. The average Bonchev–Trinajstić information content (AvgIpc) is 2.84. The molecule has 0 aliphatic heterocycles. The van der Waals surface area contributed by atoms with E-state index >= 15 is 0 Å². The van der Waals surface area contributed by atoms with E-state index in [1.54, 1.807) is 0 Å². The Labute approximate surface area is 130 Å². The van der Waals surface area contributed by atoms with Crippen LogP contribution in [0.15, 0.2) is 12.3 Å². The Balaban J connectivity index is 1.91. The number of nitrogens with two attached hydrogens (primary N) is 1. The lowest BCUT2D eigenvalue weighted by Gasteiger charge is -2.38. The van der Waals surface area contributed by atoms with Gasteiger partial charge in [0.15, 0.2) is 0 Å². The third-order valence-corrected chi connectivity index (χ3v) is 5.85. The molecule has 2 nitrogen and oxygen atoms in total. The molecular weight excluding hydrogens is 256 g/mol. The highest BCUT2D eigenvalue weighted by molar-refractivity contribution is 5.30. The van der Waals surface area contributed by atoms with Gasteiger partial charge in [-0.05, 0) is 55.1 Å². The highest BCUT2D eigenvalue weighted by Crippen LogP contribution is 2.43. The van der Waals surface area contributed by atoms with Crippen LogP contribution in [0.5, 0.6) is 0 Å². The zero-order valence-corrected chi connectivity index (χ0v) is 14.1. The molecule has 0 radical (unpaired) electrons. The van der Waals surface area contributed by atoms with Gasteiger partial charge in [0.2, 0.25) is 0 Å². The minimum absolute atomic E-state index is 0.230. The lowest BCUT2D eigenvalue weighted by molar-refractivity contribution is 0.224. The lowest BCUT2D eigenvalue weighted by Crippen LogP contribution is -2.32. The normalized spacial score (nSPS) is 27.3. The van der Waals surface area contributed by atoms with Crippen LogP contribution in [0.4, 0.5) is 0 Å². The van der Waals surface area contributed by atoms with Crippen LogP contribution in [-0.2, 0) is 6.42 Å². The molecule has 2 N–H and O–H groups in total. The van der Waals surface area contributed by atoms with Crippen LogP contribution in [0.2, 0.25) is 0 Å². The smallest absolute Gasteiger partial charge is 0.0359 e. The van der Waals surface area contributed by atoms with Crippen LogP contribution >= 0.6 is 0 Å². The maximum absolute atomic E-state index is 6.44. The summed E-state index contributed by atoms with van der Waals surface area (Å²) in [5.41, 5.74) is 9.74. The van der Waals surface area contributed by atoms with Crippen molar-refractivity contribution in [3.8, 4) is 0 Å². The molecule has 0 aromatic carbocycles. The van der Waals surface area contributed by atoms with E-state index in [1.165, 1.54) is 56.2 Å². The van der Waals surface area contributed by atoms with E-state index in [0.29, 0.717) is 11.5 Å². The second-order valence-electron chi connectivity index (χ2n) is 8.15. The fourth-order valence-electron chi connectivity index (χ4n) is 4.84. The second kappa shape index (κ2) is 5.79. The monoisotopic (exact) mass is 288 g/mol. The zero-order valence-electron chi connectivity index (χ0n) is 14.1. The molecule has 0 amide bonds. The van der Waals surface area contributed by atoms with Crippen LogP contribution in [-0.4, -0.2) is 4.57 Å². The molecule has 0 spiro atoms. The molecule has 21 heavy (non-hydrogen) atoms. The molecule has 118 valence electrons. The molecule has 3 rings (SSSR count). The van der Waals surface area contributed by atoms with E-state index in [2.05, 4.69) is 37.6 Å². The minimum Gasteiger partial charge on any atom is -0.348 e. The van der Waals surface area contributed by atoms with Crippen molar-refractivity contribution in [2.24, 2.45) is 17.1 Å². The molecule has 2 aliphatic rings. The molecule has 0 saturated heterocycles. The molecule has 1 heterocycles. The first-order valence-corrected chi connectivity index (χ1v) is 8.97. The van der Waals surface area contributed by atoms with Crippen molar-refractivity contribution in [2.45, 2.75) is 84.2 Å².